The molecule has 7 nitrogen and oxygen atoms in total. The third kappa shape index (κ3) is 5.22. The zero-order chi connectivity index (χ0) is 19.5. The highest BCUT2D eigenvalue weighted by Gasteiger charge is 2.49. The van der Waals surface area contributed by atoms with Crippen LogP contribution in [0.15, 0.2) is 0 Å². The minimum atomic E-state index is -3.39. The van der Waals surface area contributed by atoms with Crippen LogP contribution in [0, 0.1) is 11.3 Å². The summed E-state index contributed by atoms with van der Waals surface area (Å²) in [6.45, 7) is 2.41. The summed E-state index contributed by atoms with van der Waals surface area (Å²) in [5, 5.41) is 0. The molecule has 3 fully saturated rings. The van der Waals surface area contributed by atoms with Crippen LogP contribution in [0.25, 0.3) is 0 Å². The van der Waals surface area contributed by atoms with Gasteiger partial charge in [0.15, 0.2) is 0 Å². The highest BCUT2D eigenvalue weighted by molar-refractivity contribution is 7.88. The lowest BCUT2D eigenvalue weighted by molar-refractivity contribution is -0.146. The molecule has 1 N–H and O–H groups in total. The molecular formula is C19H33N3O4S. The number of rotatable bonds is 6. The number of nitrogens with one attached hydrogen (secondary N) is 1. The average molecular weight is 400 g/mol. The molecule has 3 rings (SSSR count). The summed E-state index contributed by atoms with van der Waals surface area (Å²) in [6.07, 6.45) is 11.2. The van der Waals surface area contributed by atoms with Crippen LogP contribution in [0.3, 0.4) is 0 Å². The second kappa shape index (κ2) is 8.47. The lowest BCUT2D eigenvalue weighted by atomic mass is 9.78. The third-order valence-electron chi connectivity index (χ3n) is 6.55. The standard InChI is InChI=1S/C19H33N3O4S/c1-27(25,26)20-14-17(23)22-13-10-19(15-22)9-5-11-21(18(19)24)12-8-16-6-3-2-4-7-16/h16,20H,2-15H2,1H3/t19-/m0/s1. The van der Waals surface area contributed by atoms with Gasteiger partial charge >= 0.3 is 0 Å². The Morgan fingerprint density at radius 3 is 2.59 bits per heavy atom. The van der Waals surface area contributed by atoms with Gasteiger partial charge in [0, 0.05) is 26.2 Å². The molecular weight excluding hydrogens is 366 g/mol. The van der Waals surface area contributed by atoms with Crippen molar-refractivity contribution in [1.82, 2.24) is 14.5 Å². The molecule has 1 aliphatic carbocycles. The van der Waals surface area contributed by atoms with E-state index >= 15 is 0 Å². The molecule has 1 spiro atoms. The van der Waals surface area contributed by atoms with Gasteiger partial charge in [-0.1, -0.05) is 32.1 Å². The number of carbonyl (C=O) groups excluding carboxylic acids is 2. The Morgan fingerprint density at radius 2 is 1.89 bits per heavy atom. The van der Waals surface area contributed by atoms with Gasteiger partial charge in [0.2, 0.25) is 21.8 Å². The van der Waals surface area contributed by atoms with E-state index in [0.29, 0.717) is 19.5 Å². The van der Waals surface area contributed by atoms with Gasteiger partial charge < -0.3 is 9.80 Å². The first-order valence-electron chi connectivity index (χ1n) is 10.3. The van der Waals surface area contributed by atoms with E-state index < -0.39 is 15.4 Å². The van der Waals surface area contributed by atoms with Gasteiger partial charge in [-0.2, -0.15) is 0 Å². The SMILES string of the molecule is CS(=O)(=O)NCC(=O)N1CC[C@@]2(CCCN(CCC3CCCCC3)C2=O)C1. The first-order chi connectivity index (χ1) is 12.8. The number of piperidine rings is 1. The van der Waals surface area contributed by atoms with Crippen molar-refractivity contribution in [1.29, 1.82) is 0 Å². The average Bonchev–Trinajstić information content (AvgIpc) is 3.06. The van der Waals surface area contributed by atoms with E-state index in [1.807, 2.05) is 4.90 Å². The van der Waals surface area contributed by atoms with Crippen LogP contribution in [-0.4, -0.2) is 69.0 Å². The fourth-order valence-electron chi connectivity index (χ4n) is 4.95. The highest BCUT2D eigenvalue weighted by Crippen LogP contribution is 2.40. The zero-order valence-corrected chi connectivity index (χ0v) is 17.2. The molecule has 27 heavy (non-hydrogen) atoms. The number of nitrogens with zero attached hydrogens (tertiary/aromatic N) is 2. The summed E-state index contributed by atoms with van der Waals surface area (Å²) in [7, 11) is -3.39. The van der Waals surface area contributed by atoms with Crippen molar-refractivity contribution < 1.29 is 18.0 Å². The van der Waals surface area contributed by atoms with Crippen molar-refractivity contribution in [3.05, 3.63) is 0 Å². The van der Waals surface area contributed by atoms with E-state index in [1.54, 1.807) is 4.90 Å². The molecule has 0 aromatic heterocycles. The van der Waals surface area contributed by atoms with Crippen LogP contribution in [0.4, 0.5) is 0 Å². The van der Waals surface area contributed by atoms with Crippen LogP contribution in [0.5, 0.6) is 0 Å². The van der Waals surface area contributed by atoms with Crippen molar-refractivity contribution in [3.8, 4) is 0 Å². The quantitative estimate of drug-likeness (QED) is 0.730. The maximum absolute atomic E-state index is 13.2. The molecule has 1 saturated carbocycles. The molecule has 0 radical (unpaired) electrons. The predicted octanol–water partition coefficient (Wildman–Crippen LogP) is 1.35. The minimum absolute atomic E-state index is 0.205. The first kappa shape index (κ1) is 20.6. The van der Waals surface area contributed by atoms with Crippen molar-refractivity contribution in [2.75, 3.05) is 39.0 Å². The van der Waals surface area contributed by atoms with E-state index in [0.717, 1.165) is 44.5 Å². The first-order valence-corrected chi connectivity index (χ1v) is 12.2. The number of sulfonamides is 1. The lowest BCUT2D eigenvalue weighted by Gasteiger charge is -2.40. The van der Waals surface area contributed by atoms with Gasteiger partial charge in [-0.15, -0.1) is 0 Å². The maximum atomic E-state index is 13.2. The summed E-state index contributed by atoms with van der Waals surface area (Å²) in [6, 6.07) is 0. The summed E-state index contributed by atoms with van der Waals surface area (Å²) in [5.74, 6) is 0.716. The zero-order valence-electron chi connectivity index (χ0n) is 16.4. The summed E-state index contributed by atoms with van der Waals surface area (Å²) < 4.78 is 24.7. The minimum Gasteiger partial charge on any atom is -0.342 e. The van der Waals surface area contributed by atoms with E-state index in [2.05, 4.69) is 4.72 Å². The van der Waals surface area contributed by atoms with Crippen LogP contribution in [-0.2, 0) is 19.6 Å². The second-order valence-corrected chi connectivity index (χ2v) is 10.5. The Bertz CT molecular complexity index is 660. The molecule has 2 heterocycles. The fourth-order valence-corrected chi connectivity index (χ4v) is 5.33. The van der Waals surface area contributed by atoms with Crippen molar-refractivity contribution in [2.45, 2.75) is 57.8 Å². The summed E-state index contributed by atoms with van der Waals surface area (Å²) >= 11 is 0. The second-order valence-electron chi connectivity index (χ2n) is 8.63. The number of carbonyl (C=O) groups is 2. The maximum Gasteiger partial charge on any atom is 0.237 e. The predicted molar refractivity (Wildman–Crippen MR) is 103 cm³/mol. The van der Waals surface area contributed by atoms with Crippen LogP contribution in [0.2, 0.25) is 0 Å². The molecule has 8 heteroatoms. The van der Waals surface area contributed by atoms with Gasteiger partial charge in [-0.3, -0.25) is 9.59 Å². The molecule has 2 amide bonds. The van der Waals surface area contributed by atoms with Crippen LogP contribution >= 0.6 is 0 Å². The van der Waals surface area contributed by atoms with Gasteiger partial charge in [-0.25, -0.2) is 13.1 Å². The summed E-state index contributed by atoms with van der Waals surface area (Å²) in [4.78, 5) is 29.2. The van der Waals surface area contributed by atoms with Gasteiger partial charge in [-0.05, 0) is 31.6 Å². The highest BCUT2D eigenvalue weighted by atomic mass is 32.2. The Hall–Kier alpha value is -1.15. The molecule has 0 aromatic carbocycles. The smallest absolute Gasteiger partial charge is 0.237 e. The Morgan fingerprint density at radius 1 is 1.15 bits per heavy atom. The normalized spacial score (nSPS) is 27.5. The topological polar surface area (TPSA) is 86.8 Å². The molecule has 0 bridgehead atoms. The fraction of sp³-hybridized carbons (Fsp3) is 0.895. The molecule has 0 unspecified atom stereocenters. The molecule has 3 aliphatic rings. The summed E-state index contributed by atoms with van der Waals surface area (Å²) in [5.41, 5.74) is -0.453. The molecule has 2 saturated heterocycles. The van der Waals surface area contributed by atoms with E-state index in [1.165, 1.54) is 32.1 Å². The Balaban J connectivity index is 1.54. The van der Waals surface area contributed by atoms with Crippen molar-refractivity contribution in [2.24, 2.45) is 11.3 Å². The van der Waals surface area contributed by atoms with Gasteiger partial charge in [0.1, 0.15) is 0 Å². The van der Waals surface area contributed by atoms with E-state index in [-0.39, 0.29) is 18.4 Å². The Kier molecular flexibility index (Phi) is 6.46. The lowest BCUT2D eigenvalue weighted by Crippen LogP contribution is -2.51. The van der Waals surface area contributed by atoms with Crippen molar-refractivity contribution in [3.63, 3.8) is 0 Å². The number of likely N-dealkylation sites (tertiary alicyclic amines) is 2. The molecule has 154 valence electrons. The molecule has 2 aliphatic heterocycles. The van der Waals surface area contributed by atoms with Gasteiger partial charge in [0.05, 0.1) is 18.2 Å². The molecule has 1 atom stereocenters. The van der Waals surface area contributed by atoms with Crippen LogP contribution < -0.4 is 4.72 Å². The monoisotopic (exact) mass is 399 g/mol. The number of hydrogen-bond donors (Lipinski definition) is 1. The number of amides is 2. The number of hydrogen-bond acceptors (Lipinski definition) is 4. The van der Waals surface area contributed by atoms with E-state index in [4.69, 9.17) is 0 Å². The Labute approximate surface area is 162 Å². The van der Waals surface area contributed by atoms with Gasteiger partial charge in [0.25, 0.3) is 0 Å². The van der Waals surface area contributed by atoms with Crippen LogP contribution in [0.1, 0.15) is 57.8 Å². The molecule has 0 aromatic rings. The van der Waals surface area contributed by atoms with Crippen molar-refractivity contribution >= 4 is 21.8 Å². The van der Waals surface area contributed by atoms with E-state index in [9.17, 15) is 18.0 Å². The third-order valence-corrected chi connectivity index (χ3v) is 7.22. The largest absolute Gasteiger partial charge is 0.342 e.